The minimum atomic E-state index is -1.49. The quantitative estimate of drug-likeness (QED) is 0.223. The summed E-state index contributed by atoms with van der Waals surface area (Å²) in [6.07, 6.45) is -6.04. The number of aliphatic hydroxyl groups is 3. The van der Waals surface area contributed by atoms with Crippen LogP contribution in [0.3, 0.4) is 0 Å². The summed E-state index contributed by atoms with van der Waals surface area (Å²) in [6.45, 7) is -0.474. The molecule has 0 spiro atoms. The highest BCUT2D eigenvalue weighted by molar-refractivity contribution is 6.42. The first-order valence-electron chi connectivity index (χ1n) is 12.1. The largest absolute Gasteiger partial charge is 0.394 e. The summed E-state index contributed by atoms with van der Waals surface area (Å²) in [5.41, 5.74) is 2.64. The van der Waals surface area contributed by atoms with E-state index in [-0.39, 0.29) is 11.1 Å². The Labute approximate surface area is 219 Å². The first-order valence-corrected chi connectivity index (χ1v) is 12.4. The molecule has 7 rings (SSSR count). The number of ether oxygens (including phenoxy) is 2. The summed E-state index contributed by atoms with van der Waals surface area (Å²) in [5, 5.41) is 37.3. The van der Waals surface area contributed by atoms with Crippen molar-refractivity contribution >= 4 is 67.0 Å². The lowest BCUT2D eigenvalue weighted by molar-refractivity contribution is -0.255. The zero-order chi connectivity index (χ0) is 26.5. The number of hydrogen-bond acceptors (Lipinski definition) is 7. The average Bonchev–Trinajstić information content (AvgIpc) is 3.55. The Hall–Kier alpha value is -3.51. The Bertz CT molecular complexity index is 1820. The zero-order valence-corrected chi connectivity index (χ0v) is 20.7. The van der Waals surface area contributed by atoms with E-state index in [1.54, 1.807) is 22.8 Å². The Morgan fingerprint density at radius 1 is 0.974 bits per heavy atom. The molecule has 1 saturated heterocycles. The maximum atomic E-state index is 13.2. The number of H-pyrrole nitrogens is 1. The van der Waals surface area contributed by atoms with Crippen LogP contribution in [0.1, 0.15) is 26.9 Å². The van der Waals surface area contributed by atoms with Crippen LogP contribution in [0, 0.1) is 0 Å². The number of rotatable bonds is 3. The monoisotopic (exact) mass is 535 g/mol. The van der Waals surface area contributed by atoms with Gasteiger partial charge in [0.15, 0.2) is 6.23 Å². The maximum Gasteiger partial charge on any atom is 0.259 e. The number of carbonyl (C=O) groups is 2. The fourth-order valence-electron chi connectivity index (χ4n) is 6.16. The highest BCUT2D eigenvalue weighted by Gasteiger charge is 2.47. The number of para-hydroxylation sites is 2. The van der Waals surface area contributed by atoms with E-state index in [0.717, 1.165) is 10.9 Å². The van der Waals surface area contributed by atoms with Crippen molar-refractivity contribution in [3.63, 3.8) is 0 Å². The molecule has 2 amide bonds. The van der Waals surface area contributed by atoms with Crippen LogP contribution in [-0.2, 0) is 9.47 Å². The van der Waals surface area contributed by atoms with E-state index < -0.39 is 49.1 Å². The van der Waals surface area contributed by atoms with Gasteiger partial charge in [-0.1, -0.05) is 41.9 Å². The molecule has 2 aliphatic heterocycles. The molecular formula is C27H22ClN3O7. The van der Waals surface area contributed by atoms with Crippen molar-refractivity contribution in [2.45, 2.75) is 30.6 Å². The van der Waals surface area contributed by atoms with Crippen molar-refractivity contribution in [2.24, 2.45) is 0 Å². The summed E-state index contributed by atoms with van der Waals surface area (Å²) >= 11 is 6.74. The van der Waals surface area contributed by atoms with Gasteiger partial charge in [0.2, 0.25) is 0 Å². The Morgan fingerprint density at radius 2 is 1.68 bits per heavy atom. The maximum absolute atomic E-state index is 13.2. The van der Waals surface area contributed by atoms with Crippen molar-refractivity contribution in [1.29, 1.82) is 0 Å². The molecule has 11 heteroatoms. The molecule has 5 atom stereocenters. The minimum absolute atomic E-state index is 0.201. The van der Waals surface area contributed by atoms with Crippen LogP contribution in [0.2, 0.25) is 5.02 Å². The van der Waals surface area contributed by atoms with E-state index in [4.69, 9.17) is 21.1 Å². The molecule has 0 aliphatic carbocycles. The first kappa shape index (κ1) is 23.6. The molecule has 1 fully saturated rings. The van der Waals surface area contributed by atoms with Gasteiger partial charge in [0.25, 0.3) is 11.8 Å². The highest BCUT2D eigenvalue weighted by atomic mass is 35.5. The molecule has 10 nitrogen and oxygen atoms in total. The number of benzene rings is 3. The summed E-state index contributed by atoms with van der Waals surface area (Å²) in [7, 11) is 1.36. The SMILES string of the molecule is CO[C@H]1[C@H](O)[C@@H](O)[C@H](n2c3c(Cl)cccc3c3c4c(c5c6ccccc6[nH]c5c32)C(=O)NC4=O)O[C@@H]1CO. The van der Waals surface area contributed by atoms with Gasteiger partial charge in [-0.15, -0.1) is 0 Å². The van der Waals surface area contributed by atoms with Gasteiger partial charge in [-0.05, 0) is 12.1 Å². The zero-order valence-electron chi connectivity index (χ0n) is 19.9. The van der Waals surface area contributed by atoms with Crippen molar-refractivity contribution in [3.05, 3.63) is 58.6 Å². The molecule has 5 N–H and O–H groups in total. The number of halogens is 1. The second-order valence-electron chi connectivity index (χ2n) is 9.61. The van der Waals surface area contributed by atoms with Crippen LogP contribution in [0.4, 0.5) is 0 Å². The number of imide groups is 1. The van der Waals surface area contributed by atoms with E-state index >= 15 is 0 Å². The number of aromatic nitrogens is 2. The number of amides is 2. The van der Waals surface area contributed by atoms with Crippen LogP contribution in [-0.4, -0.2) is 74.8 Å². The molecule has 5 aromatic rings. The number of fused-ring (bicyclic) bond motifs is 10. The van der Waals surface area contributed by atoms with Crippen LogP contribution in [0.25, 0.3) is 43.6 Å². The fourth-order valence-corrected chi connectivity index (χ4v) is 6.42. The van der Waals surface area contributed by atoms with Gasteiger partial charge < -0.3 is 34.3 Å². The number of nitrogens with zero attached hydrogens (tertiary/aromatic N) is 1. The molecule has 4 heterocycles. The molecule has 3 aromatic carbocycles. The molecule has 0 saturated carbocycles. The van der Waals surface area contributed by atoms with Crippen molar-refractivity contribution in [1.82, 2.24) is 14.9 Å². The van der Waals surface area contributed by atoms with E-state index in [1.807, 2.05) is 24.3 Å². The fraction of sp³-hybridized carbons (Fsp3) is 0.259. The average molecular weight is 536 g/mol. The molecule has 2 aromatic heterocycles. The number of carbonyl (C=O) groups excluding carboxylic acids is 2. The Morgan fingerprint density at radius 3 is 2.42 bits per heavy atom. The lowest BCUT2D eigenvalue weighted by Crippen LogP contribution is -2.57. The predicted molar refractivity (Wildman–Crippen MR) is 139 cm³/mol. The summed E-state index contributed by atoms with van der Waals surface area (Å²) in [4.78, 5) is 29.8. The number of nitrogens with one attached hydrogen (secondary N) is 2. The minimum Gasteiger partial charge on any atom is -0.394 e. The van der Waals surface area contributed by atoms with E-state index in [9.17, 15) is 24.9 Å². The first-order chi connectivity index (χ1) is 18.4. The third kappa shape index (κ3) is 2.90. The van der Waals surface area contributed by atoms with E-state index in [0.29, 0.717) is 37.7 Å². The van der Waals surface area contributed by atoms with Crippen LogP contribution >= 0.6 is 11.6 Å². The summed E-state index contributed by atoms with van der Waals surface area (Å²) in [5.74, 6) is -1.05. The van der Waals surface area contributed by atoms with Crippen molar-refractivity contribution in [2.75, 3.05) is 13.7 Å². The summed E-state index contributed by atoms with van der Waals surface area (Å²) in [6, 6.07) is 12.6. The second kappa shape index (κ2) is 8.24. The van der Waals surface area contributed by atoms with Gasteiger partial charge in [-0.3, -0.25) is 14.9 Å². The van der Waals surface area contributed by atoms with Crippen LogP contribution < -0.4 is 5.32 Å². The van der Waals surface area contributed by atoms with Gasteiger partial charge in [-0.2, -0.15) is 0 Å². The molecule has 2 aliphatic rings. The van der Waals surface area contributed by atoms with Crippen LogP contribution in [0.5, 0.6) is 0 Å². The smallest absolute Gasteiger partial charge is 0.259 e. The molecule has 0 unspecified atom stereocenters. The standard InChI is InChI=1S/C27H22ClN3O7/c1-37-24-14(9-32)38-27(23(34)22(24)33)31-20-11(6-4-7-12(20)28)16-18-17(25(35)30-26(18)36)15-10-5-2-3-8-13(10)29-19(15)21(16)31/h2-8,14,22-24,27,29,32-34H,9H2,1H3,(H,30,35,36)/t14-,22-,23-,24-,27-/m1/s1. The van der Waals surface area contributed by atoms with Crippen molar-refractivity contribution < 1.29 is 34.4 Å². The Balaban J connectivity index is 1.70. The third-order valence-electron chi connectivity index (χ3n) is 7.71. The lowest BCUT2D eigenvalue weighted by Gasteiger charge is -2.42. The molecule has 0 radical (unpaired) electrons. The molecular weight excluding hydrogens is 514 g/mol. The van der Waals surface area contributed by atoms with E-state index in [2.05, 4.69) is 10.3 Å². The van der Waals surface area contributed by atoms with Gasteiger partial charge >= 0.3 is 0 Å². The van der Waals surface area contributed by atoms with Gasteiger partial charge in [0.1, 0.15) is 24.4 Å². The number of methoxy groups -OCH3 is 1. The van der Waals surface area contributed by atoms with Gasteiger partial charge in [0, 0.05) is 34.2 Å². The number of aromatic amines is 1. The molecule has 194 valence electrons. The van der Waals surface area contributed by atoms with Crippen LogP contribution in [0.15, 0.2) is 42.5 Å². The normalized spacial score (nSPS) is 25.7. The van der Waals surface area contributed by atoms with Crippen molar-refractivity contribution in [3.8, 4) is 0 Å². The van der Waals surface area contributed by atoms with Gasteiger partial charge in [0.05, 0.1) is 39.3 Å². The predicted octanol–water partition coefficient (Wildman–Crippen LogP) is 2.59. The number of hydrogen-bond donors (Lipinski definition) is 5. The Kier molecular flexibility index (Phi) is 5.12. The van der Waals surface area contributed by atoms with E-state index in [1.165, 1.54) is 7.11 Å². The summed E-state index contributed by atoms with van der Waals surface area (Å²) < 4.78 is 13.1. The molecule has 38 heavy (non-hydrogen) atoms. The molecule has 0 bridgehead atoms. The topological polar surface area (TPSA) is 146 Å². The highest BCUT2D eigenvalue weighted by Crippen LogP contribution is 2.47. The third-order valence-corrected chi connectivity index (χ3v) is 8.02. The van der Waals surface area contributed by atoms with Gasteiger partial charge in [-0.25, -0.2) is 0 Å². The number of aliphatic hydroxyl groups excluding tert-OH is 3. The second-order valence-corrected chi connectivity index (χ2v) is 10.0. The lowest BCUT2D eigenvalue weighted by atomic mass is 9.96.